The maximum Gasteiger partial charge on any atom is 0.248 e. The normalized spacial score (nSPS) is 37.3. The standard InChI is InChI=1S/C7H9NO2/c9-6-2-4-7(10)3-1-5-8(6)7/h2,4,10H,1,3,5H2. The predicted octanol–water partition coefficient (Wildman–Crippen LogP) is -0.133. The van der Waals surface area contributed by atoms with Gasteiger partial charge in [0.25, 0.3) is 0 Å². The van der Waals surface area contributed by atoms with Gasteiger partial charge in [-0.3, -0.25) is 4.79 Å². The van der Waals surface area contributed by atoms with Crippen molar-refractivity contribution in [2.24, 2.45) is 0 Å². The molecule has 0 bridgehead atoms. The number of aliphatic hydroxyl groups is 1. The minimum absolute atomic E-state index is 0.0556. The van der Waals surface area contributed by atoms with Crippen molar-refractivity contribution in [3.05, 3.63) is 12.2 Å². The fraction of sp³-hybridized carbons (Fsp3) is 0.571. The number of nitrogens with zero attached hydrogens (tertiary/aromatic N) is 1. The minimum atomic E-state index is -0.920. The van der Waals surface area contributed by atoms with E-state index in [1.807, 2.05) is 0 Å². The average Bonchev–Trinajstić information content (AvgIpc) is 2.35. The first-order valence-electron chi connectivity index (χ1n) is 3.46. The van der Waals surface area contributed by atoms with Crippen LogP contribution in [0.25, 0.3) is 0 Å². The Morgan fingerprint density at radius 1 is 1.70 bits per heavy atom. The molecule has 2 rings (SSSR count). The van der Waals surface area contributed by atoms with Crippen molar-refractivity contribution < 1.29 is 9.90 Å². The molecule has 0 aromatic carbocycles. The number of amides is 1. The summed E-state index contributed by atoms with van der Waals surface area (Å²) < 4.78 is 0. The zero-order valence-corrected chi connectivity index (χ0v) is 5.58. The molecule has 0 aromatic rings. The third-order valence-electron chi connectivity index (χ3n) is 2.15. The third-order valence-corrected chi connectivity index (χ3v) is 2.15. The molecule has 0 spiro atoms. The molecular formula is C7H9NO2. The van der Waals surface area contributed by atoms with Crippen LogP contribution >= 0.6 is 0 Å². The summed E-state index contributed by atoms with van der Waals surface area (Å²) in [7, 11) is 0. The van der Waals surface area contributed by atoms with Crippen molar-refractivity contribution >= 4 is 5.91 Å². The highest BCUT2D eigenvalue weighted by Gasteiger charge is 2.42. The monoisotopic (exact) mass is 139 g/mol. The van der Waals surface area contributed by atoms with E-state index in [2.05, 4.69) is 0 Å². The molecule has 3 nitrogen and oxygen atoms in total. The molecular weight excluding hydrogens is 130 g/mol. The van der Waals surface area contributed by atoms with E-state index in [0.29, 0.717) is 13.0 Å². The van der Waals surface area contributed by atoms with Gasteiger partial charge in [0.05, 0.1) is 0 Å². The topological polar surface area (TPSA) is 40.5 Å². The van der Waals surface area contributed by atoms with Crippen molar-refractivity contribution in [2.45, 2.75) is 18.6 Å². The van der Waals surface area contributed by atoms with Crippen LogP contribution in [0.15, 0.2) is 12.2 Å². The lowest BCUT2D eigenvalue weighted by Gasteiger charge is -2.24. The molecule has 3 heteroatoms. The van der Waals surface area contributed by atoms with Crippen LogP contribution in [0.3, 0.4) is 0 Å². The van der Waals surface area contributed by atoms with Crippen LogP contribution in [-0.4, -0.2) is 28.2 Å². The second-order valence-electron chi connectivity index (χ2n) is 2.81. The quantitative estimate of drug-likeness (QED) is 0.507. The molecule has 1 fully saturated rings. The van der Waals surface area contributed by atoms with Gasteiger partial charge in [-0.25, -0.2) is 0 Å². The largest absolute Gasteiger partial charge is 0.367 e. The van der Waals surface area contributed by atoms with Gasteiger partial charge in [-0.1, -0.05) is 0 Å². The highest BCUT2D eigenvalue weighted by molar-refractivity contribution is 5.91. The van der Waals surface area contributed by atoms with Gasteiger partial charge in [0.1, 0.15) is 0 Å². The van der Waals surface area contributed by atoms with E-state index in [-0.39, 0.29) is 5.91 Å². The van der Waals surface area contributed by atoms with E-state index in [1.165, 1.54) is 11.0 Å². The van der Waals surface area contributed by atoms with E-state index in [1.54, 1.807) is 6.08 Å². The van der Waals surface area contributed by atoms with Crippen LogP contribution in [0.1, 0.15) is 12.8 Å². The first-order chi connectivity index (χ1) is 4.72. The number of hydrogen-bond donors (Lipinski definition) is 1. The molecule has 2 aliphatic rings. The highest BCUT2D eigenvalue weighted by Crippen LogP contribution is 2.31. The second-order valence-corrected chi connectivity index (χ2v) is 2.81. The van der Waals surface area contributed by atoms with Gasteiger partial charge in [-0.15, -0.1) is 0 Å². The van der Waals surface area contributed by atoms with Gasteiger partial charge in [0.2, 0.25) is 5.91 Å². The van der Waals surface area contributed by atoms with Gasteiger partial charge in [-0.2, -0.15) is 0 Å². The smallest absolute Gasteiger partial charge is 0.248 e. The first-order valence-corrected chi connectivity index (χ1v) is 3.46. The third kappa shape index (κ3) is 0.555. The summed E-state index contributed by atoms with van der Waals surface area (Å²) in [6, 6.07) is 0. The molecule has 0 aromatic heterocycles. The van der Waals surface area contributed by atoms with Crippen molar-refractivity contribution in [2.75, 3.05) is 6.54 Å². The Kier molecular flexibility index (Phi) is 0.951. The van der Waals surface area contributed by atoms with E-state index in [4.69, 9.17) is 0 Å². The summed E-state index contributed by atoms with van der Waals surface area (Å²) in [4.78, 5) is 12.4. The lowest BCUT2D eigenvalue weighted by molar-refractivity contribution is -0.135. The van der Waals surface area contributed by atoms with Crippen molar-refractivity contribution in [1.29, 1.82) is 0 Å². The lowest BCUT2D eigenvalue weighted by Crippen LogP contribution is -2.40. The molecule has 2 heterocycles. The molecule has 54 valence electrons. The number of carbonyl (C=O) groups is 1. The SMILES string of the molecule is O=C1C=CC2(O)CCCN12. The maximum atomic E-state index is 10.9. The van der Waals surface area contributed by atoms with E-state index in [0.717, 1.165) is 6.42 Å². The Balaban J connectivity index is 2.35. The van der Waals surface area contributed by atoms with Crippen LogP contribution in [-0.2, 0) is 4.79 Å². The number of hydrogen-bond acceptors (Lipinski definition) is 2. The minimum Gasteiger partial charge on any atom is -0.367 e. The van der Waals surface area contributed by atoms with E-state index in [9.17, 15) is 9.90 Å². The lowest BCUT2D eigenvalue weighted by atomic mass is 10.2. The molecule has 1 saturated heterocycles. The summed E-state index contributed by atoms with van der Waals surface area (Å²) >= 11 is 0. The van der Waals surface area contributed by atoms with Crippen LogP contribution in [0.5, 0.6) is 0 Å². The van der Waals surface area contributed by atoms with Crippen LogP contribution in [0.4, 0.5) is 0 Å². The fourth-order valence-corrected chi connectivity index (χ4v) is 1.59. The molecule has 0 aliphatic carbocycles. The number of fused-ring (bicyclic) bond motifs is 1. The van der Waals surface area contributed by atoms with Crippen molar-refractivity contribution in [3.8, 4) is 0 Å². The van der Waals surface area contributed by atoms with Gasteiger partial charge < -0.3 is 10.0 Å². The Hall–Kier alpha value is -0.830. The first kappa shape index (κ1) is 5.92. The predicted molar refractivity (Wildman–Crippen MR) is 35.0 cm³/mol. The summed E-state index contributed by atoms with van der Waals surface area (Å²) in [5.74, 6) is -0.0556. The van der Waals surface area contributed by atoms with Gasteiger partial charge in [0.15, 0.2) is 5.72 Å². The summed E-state index contributed by atoms with van der Waals surface area (Å²) in [6.07, 6.45) is 4.63. The second kappa shape index (κ2) is 1.61. The molecule has 1 unspecified atom stereocenters. The average molecular weight is 139 g/mol. The Bertz CT molecular complexity index is 212. The van der Waals surface area contributed by atoms with Crippen molar-refractivity contribution in [1.82, 2.24) is 4.90 Å². The van der Waals surface area contributed by atoms with Crippen LogP contribution in [0.2, 0.25) is 0 Å². The van der Waals surface area contributed by atoms with Gasteiger partial charge in [0, 0.05) is 19.0 Å². The van der Waals surface area contributed by atoms with Crippen molar-refractivity contribution in [3.63, 3.8) is 0 Å². The fourth-order valence-electron chi connectivity index (χ4n) is 1.59. The summed E-state index contributed by atoms with van der Waals surface area (Å²) in [6.45, 7) is 0.697. The van der Waals surface area contributed by atoms with Crippen LogP contribution < -0.4 is 0 Å². The zero-order valence-electron chi connectivity index (χ0n) is 5.58. The zero-order chi connectivity index (χ0) is 7.19. The highest BCUT2D eigenvalue weighted by atomic mass is 16.3. The Labute approximate surface area is 58.9 Å². The summed E-state index contributed by atoms with van der Waals surface area (Å²) in [5, 5.41) is 9.62. The van der Waals surface area contributed by atoms with E-state index >= 15 is 0 Å². The maximum absolute atomic E-state index is 10.9. The van der Waals surface area contributed by atoms with Gasteiger partial charge >= 0.3 is 0 Å². The molecule has 1 N–H and O–H groups in total. The number of carbonyl (C=O) groups excluding carboxylic acids is 1. The molecule has 10 heavy (non-hydrogen) atoms. The Morgan fingerprint density at radius 2 is 2.50 bits per heavy atom. The molecule has 0 saturated carbocycles. The van der Waals surface area contributed by atoms with E-state index < -0.39 is 5.72 Å². The molecule has 0 radical (unpaired) electrons. The Morgan fingerprint density at radius 3 is 3.20 bits per heavy atom. The van der Waals surface area contributed by atoms with Crippen LogP contribution in [0, 0.1) is 0 Å². The molecule has 1 atom stereocenters. The van der Waals surface area contributed by atoms with Gasteiger partial charge in [-0.05, 0) is 12.5 Å². The summed E-state index contributed by atoms with van der Waals surface area (Å²) in [5.41, 5.74) is -0.920. The number of rotatable bonds is 0. The molecule has 1 amide bonds. The molecule has 2 aliphatic heterocycles.